The van der Waals surface area contributed by atoms with E-state index in [1.54, 1.807) is 23.0 Å². The summed E-state index contributed by atoms with van der Waals surface area (Å²) in [4.78, 5) is 20.0. The molecule has 0 saturated carbocycles. The number of nitrogens with zero attached hydrogens (tertiary/aromatic N) is 4. The number of halogens is 3. The van der Waals surface area contributed by atoms with Crippen LogP contribution in [0.3, 0.4) is 0 Å². The molecule has 2 N–H and O–H groups in total. The zero-order chi connectivity index (χ0) is 20.1. The highest BCUT2D eigenvalue weighted by Crippen LogP contribution is 2.18. The standard InChI is InChI=1S/C17H16F3N5O3/c18-17(19,20)10-28-14-2-1-11(7-23-14)8-25-9-12-13(24-25)3-4-21-15(12)16(27)22-5-6-26/h1-4,7,9,26H,5-6,8,10H2,(H,22,27). The van der Waals surface area contributed by atoms with Crippen molar-refractivity contribution < 1.29 is 27.8 Å². The van der Waals surface area contributed by atoms with Crippen LogP contribution in [0.4, 0.5) is 13.2 Å². The van der Waals surface area contributed by atoms with Gasteiger partial charge in [-0.25, -0.2) is 4.98 Å². The first-order chi connectivity index (χ1) is 13.4. The predicted molar refractivity (Wildman–Crippen MR) is 91.8 cm³/mol. The number of alkyl halides is 3. The molecule has 3 aromatic heterocycles. The van der Waals surface area contributed by atoms with Gasteiger partial charge in [0.2, 0.25) is 5.88 Å². The molecule has 0 aliphatic carbocycles. The van der Waals surface area contributed by atoms with E-state index < -0.39 is 18.7 Å². The number of carbonyl (C=O) groups excluding carboxylic acids is 1. The van der Waals surface area contributed by atoms with Crippen molar-refractivity contribution in [3.05, 3.63) is 48.0 Å². The van der Waals surface area contributed by atoms with Crippen molar-refractivity contribution in [3.8, 4) is 5.88 Å². The second-order valence-electron chi connectivity index (χ2n) is 5.81. The maximum Gasteiger partial charge on any atom is 0.422 e. The Morgan fingerprint density at radius 2 is 2.07 bits per heavy atom. The van der Waals surface area contributed by atoms with E-state index in [1.807, 2.05) is 0 Å². The maximum absolute atomic E-state index is 12.2. The molecule has 0 bridgehead atoms. The van der Waals surface area contributed by atoms with Gasteiger partial charge in [-0.3, -0.25) is 14.5 Å². The Morgan fingerprint density at radius 1 is 1.25 bits per heavy atom. The first-order valence-electron chi connectivity index (χ1n) is 8.21. The van der Waals surface area contributed by atoms with Crippen LogP contribution in [0.1, 0.15) is 16.1 Å². The molecule has 3 aromatic rings. The van der Waals surface area contributed by atoms with Crippen LogP contribution < -0.4 is 10.1 Å². The minimum atomic E-state index is -4.43. The molecule has 0 aromatic carbocycles. The van der Waals surface area contributed by atoms with Crippen LogP contribution in [0.15, 0.2) is 36.8 Å². The molecule has 11 heteroatoms. The van der Waals surface area contributed by atoms with Crippen LogP contribution >= 0.6 is 0 Å². The molecule has 0 aliphatic rings. The number of carbonyl (C=O) groups is 1. The van der Waals surface area contributed by atoms with Crippen LogP contribution in [0.2, 0.25) is 0 Å². The van der Waals surface area contributed by atoms with Crippen molar-refractivity contribution in [1.82, 2.24) is 25.1 Å². The summed E-state index contributed by atoms with van der Waals surface area (Å²) in [6, 6.07) is 4.58. The Labute approximate surface area is 157 Å². The van der Waals surface area contributed by atoms with E-state index in [0.29, 0.717) is 23.0 Å². The first-order valence-corrected chi connectivity index (χ1v) is 8.21. The average Bonchev–Trinajstić information content (AvgIpc) is 3.07. The summed E-state index contributed by atoms with van der Waals surface area (Å²) < 4.78 is 42.6. The zero-order valence-electron chi connectivity index (χ0n) is 14.5. The quantitative estimate of drug-likeness (QED) is 0.629. The molecular weight excluding hydrogens is 379 g/mol. The van der Waals surface area contributed by atoms with Gasteiger partial charge in [0.05, 0.1) is 24.1 Å². The molecule has 0 saturated heterocycles. The number of aliphatic hydroxyl groups excluding tert-OH is 1. The van der Waals surface area contributed by atoms with Gasteiger partial charge in [-0.15, -0.1) is 0 Å². The van der Waals surface area contributed by atoms with Crippen LogP contribution in [-0.4, -0.2) is 56.7 Å². The van der Waals surface area contributed by atoms with E-state index >= 15 is 0 Å². The van der Waals surface area contributed by atoms with E-state index in [2.05, 4.69) is 25.1 Å². The van der Waals surface area contributed by atoms with Crippen molar-refractivity contribution in [2.24, 2.45) is 0 Å². The Hall–Kier alpha value is -3.21. The number of hydrogen-bond donors (Lipinski definition) is 2. The molecule has 8 nitrogen and oxygen atoms in total. The highest BCUT2D eigenvalue weighted by Gasteiger charge is 2.28. The second-order valence-corrected chi connectivity index (χ2v) is 5.81. The molecular formula is C17H16F3N5O3. The minimum absolute atomic E-state index is 0.111. The lowest BCUT2D eigenvalue weighted by atomic mass is 10.2. The van der Waals surface area contributed by atoms with Crippen LogP contribution in [-0.2, 0) is 6.54 Å². The van der Waals surface area contributed by atoms with Gasteiger partial charge in [0, 0.05) is 31.2 Å². The Bertz CT molecular complexity index is 957. The van der Waals surface area contributed by atoms with Crippen molar-refractivity contribution in [1.29, 1.82) is 0 Å². The summed E-state index contributed by atoms with van der Waals surface area (Å²) >= 11 is 0. The second kappa shape index (κ2) is 8.21. The molecule has 0 atom stereocenters. The summed E-state index contributed by atoms with van der Waals surface area (Å²) in [5, 5.41) is 16.3. The number of pyridine rings is 2. The maximum atomic E-state index is 12.2. The number of ether oxygens (including phenoxy) is 1. The highest BCUT2D eigenvalue weighted by molar-refractivity contribution is 6.04. The third kappa shape index (κ3) is 4.94. The Balaban J connectivity index is 1.73. The number of amides is 1. The number of hydrogen-bond acceptors (Lipinski definition) is 6. The van der Waals surface area contributed by atoms with Crippen molar-refractivity contribution >= 4 is 16.8 Å². The van der Waals surface area contributed by atoms with Gasteiger partial charge in [-0.05, 0) is 11.6 Å². The lowest BCUT2D eigenvalue weighted by Gasteiger charge is -2.08. The average molecular weight is 395 g/mol. The number of rotatable bonds is 7. The first kappa shape index (κ1) is 19.5. The largest absolute Gasteiger partial charge is 0.468 e. The lowest BCUT2D eigenvalue weighted by Crippen LogP contribution is -2.27. The molecule has 0 fully saturated rings. The fourth-order valence-electron chi connectivity index (χ4n) is 2.44. The summed E-state index contributed by atoms with van der Waals surface area (Å²) in [7, 11) is 0. The topological polar surface area (TPSA) is 102 Å². The zero-order valence-corrected chi connectivity index (χ0v) is 14.5. The molecule has 28 heavy (non-hydrogen) atoms. The highest BCUT2D eigenvalue weighted by atomic mass is 19.4. The third-order valence-corrected chi connectivity index (χ3v) is 3.62. The fraction of sp³-hybridized carbons (Fsp3) is 0.294. The predicted octanol–water partition coefficient (Wildman–Crippen LogP) is 1.54. The minimum Gasteiger partial charge on any atom is -0.468 e. The van der Waals surface area contributed by atoms with Gasteiger partial charge < -0.3 is 15.2 Å². The van der Waals surface area contributed by atoms with E-state index in [1.165, 1.54) is 18.5 Å². The SMILES string of the molecule is O=C(NCCO)c1nccc2nn(Cc3ccc(OCC(F)(F)F)nc3)cc12. The summed E-state index contributed by atoms with van der Waals surface area (Å²) in [5.74, 6) is -0.550. The molecule has 3 heterocycles. The number of aliphatic hydroxyl groups is 1. The fourth-order valence-corrected chi connectivity index (χ4v) is 2.44. The van der Waals surface area contributed by atoms with Crippen molar-refractivity contribution in [2.45, 2.75) is 12.7 Å². The molecule has 1 amide bonds. The Kier molecular flexibility index (Phi) is 5.73. The van der Waals surface area contributed by atoms with Crippen LogP contribution in [0.5, 0.6) is 5.88 Å². The number of aromatic nitrogens is 4. The van der Waals surface area contributed by atoms with Gasteiger partial charge in [-0.1, -0.05) is 6.07 Å². The van der Waals surface area contributed by atoms with Crippen molar-refractivity contribution in [2.75, 3.05) is 19.8 Å². The van der Waals surface area contributed by atoms with Gasteiger partial charge in [0.15, 0.2) is 6.61 Å². The molecule has 0 unspecified atom stereocenters. The summed E-state index contributed by atoms with van der Waals surface area (Å²) in [6.07, 6.45) is 0.0715. The molecule has 3 rings (SSSR count). The summed E-state index contributed by atoms with van der Waals surface area (Å²) in [6.45, 7) is -1.19. The number of nitrogens with one attached hydrogen (secondary N) is 1. The molecule has 148 valence electrons. The van der Waals surface area contributed by atoms with Gasteiger partial charge >= 0.3 is 6.18 Å². The van der Waals surface area contributed by atoms with E-state index in [9.17, 15) is 18.0 Å². The van der Waals surface area contributed by atoms with Gasteiger partial charge in [0.1, 0.15) is 5.69 Å². The normalized spacial score (nSPS) is 11.6. The lowest BCUT2D eigenvalue weighted by molar-refractivity contribution is -0.154. The Morgan fingerprint density at radius 3 is 2.75 bits per heavy atom. The molecule has 0 radical (unpaired) electrons. The van der Waals surface area contributed by atoms with Gasteiger partial charge in [0.25, 0.3) is 5.91 Å². The van der Waals surface area contributed by atoms with E-state index in [0.717, 1.165) is 0 Å². The molecule has 0 spiro atoms. The van der Waals surface area contributed by atoms with Crippen LogP contribution in [0, 0.1) is 0 Å². The van der Waals surface area contributed by atoms with E-state index in [4.69, 9.17) is 5.11 Å². The smallest absolute Gasteiger partial charge is 0.422 e. The summed E-state index contributed by atoms with van der Waals surface area (Å²) in [5.41, 5.74) is 1.43. The number of fused-ring (bicyclic) bond motifs is 1. The molecule has 0 aliphatic heterocycles. The third-order valence-electron chi connectivity index (χ3n) is 3.62. The van der Waals surface area contributed by atoms with Gasteiger partial charge in [-0.2, -0.15) is 18.3 Å². The van der Waals surface area contributed by atoms with Crippen LogP contribution in [0.25, 0.3) is 10.9 Å². The van der Waals surface area contributed by atoms with Crippen molar-refractivity contribution in [3.63, 3.8) is 0 Å². The monoisotopic (exact) mass is 395 g/mol. The van der Waals surface area contributed by atoms with E-state index in [-0.39, 0.29) is 24.7 Å².